The van der Waals surface area contributed by atoms with Crippen molar-refractivity contribution in [2.24, 2.45) is 0 Å². The molecule has 3 aromatic heterocycles. The number of aryl methyl sites for hydroxylation is 6. The van der Waals surface area contributed by atoms with Crippen LogP contribution in [0.5, 0.6) is 0 Å². The summed E-state index contributed by atoms with van der Waals surface area (Å²) in [6.07, 6.45) is 8.10. The Morgan fingerprint density at radius 2 is 0.944 bits per heavy atom. The zero-order chi connectivity index (χ0) is 25.4. The topological polar surface area (TPSA) is 44.5 Å². The van der Waals surface area contributed by atoms with E-state index in [9.17, 15) is 0 Å². The van der Waals surface area contributed by atoms with Crippen LogP contribution in [0, 0.1) is 41.5 Å². The van der Waals surface area contributed by atoms with Crippen molar-refractivity contribution in [2.75, 3.05) is 0 Å². The summed E-state index contributed by atoms with van der Waals surface area (Å²) in [7, 11) is 0. The van der Waals surface area contributed by atoms with E-state index in [-0.39, 0.29) is 11.8 Å². The van der Waals surface area contributed by atoms with E-state index in [1.54, 1.807) is 0 Å². The van der Waals surface area contributed by atoms with E-state index in [1.807, 2.05) is 24.8 Å². The molecule has 0 saturated carbocycles. The van der Waals surface area contributed by atoms with Gasteiger partial charge in [-0.2, -0.15) is 0 Å². The maximum absolute atomic E-state index is 4.82. The van der Waals surface area contributed by atoms with Gasteiger partial charge in [-0.3, -0.25) is 4.98 Å². The number of hydrogen-bond acceptors (Lipinski definition) is 1. The van der Waals surface area contributed by atoms with Gasteiger partial charge in [-0.1, -0.05) is 41.5 Å². The Balaban J connectivity index is 1.72. The molecule has 3 heterocycles. The van der Waals surface area contributed by atoms with Crippen molar-refractivity contribution in [1.82, 2.24) is 15.0 Å². The number of nitrogens with zero attached hydrogens (tertiary/aromatic N) is 1. The number of benzene rings is 2. The molecule has 3 heteroatoms. The summed E-state index contributed by atoms with van der Waals surface area (Å²) in [6.45, 7) is 13.2. The first-order chi connectivity index (χ1) is 17.3. The van der Waals surface area contributed by atoms with Crippen LogP contribution >= 0.6 is 0 Å². The van der Waals surface area contributed by atoms with Gasteiger partial charge in [0.25, 0.3) is 0 Å². The Morgan fingerprint density at radius 3 is 1.28 bits per heavy atom. The Labute approximate surface area is 214 Å². The largest absolute Gasteiger partial charge is 0.364 e. The van der Waals surface area contributed by atoms with E-state index in [0.717, 1.165) is 0 Å². The van der Waals surface area contributed by atoms with Crippen LogP contribution < -0.4 is 0 Å². The van der Waals surface area contributed by atoms with Crippen molar-refractivity contribution in [3.05, 3.63) is 146 Å². The average molecular weight is 474 g/mol. The molecule has 36 heavy (non-hydrogen) atoms. The smallest absolute Gasteiger partial charge is 0.0511 e. The molecule has 0 aliphatic heterocycles. The third kappa shape index (κ3) is 4.42. The Morgan fingerprint density at radius 1 is 0.556 bits per heavy atom. The maximum Gasteiger partial charge on any atom is 0.0511 e. The average Bonchev–Trinajstić information content (AvgIpc) is 3.53. The molecule has 5 aromatic rings. The third-order valence-electron chi connectivity index (χ3n) is 7.37. The fraction of sp³-hybridized carbons (Fsp3) is 0.242. The van der Waals surface area contributed by atoms with Crippen LogP contribution in [-0.4, -0.2) is 15.0 Å². The summed E-state index contributed by atoms with van der Waals surface area (Å²) in [5.74, 6) is 0.162. The van der Waals surface area contributed by atoms with Gasteiger partial charge in [-0.15, -0.1) is 0 Å². The van der Waals surface area contributed by atoms with Crippen LogP contribution in [0.4, 0.5) is 0 Å². The number of aromatic nitrogens is 3. The lowest BCUT2D eigenvalue weighted by Gasteiger charge is -2.25. The van der Waals surface area contributed by atoms with Crippen molar-refractivity contribution in [2.45, 2.75) is 53.4 Å². The summed E-state index contributed by atoms with van der Waals surface area (Å²) >= 11 is 0. The highest BCUT2D eigenvalue weighted by atomic mass is 14.7. The number of aromatic amines is 2. The molecule has 0 spiro atoms. The molecule has 0 bridgehead atoms. The predicted octanol–water partition coefficient (Wildman–Crippen LogP) is 7.95. The number of nitrogens with one attached hydrogen (secondary N) is 2. The van der Waals surface area contributed by atoms with Gasteiger partial charge in [-0.05, 0) is 110 Å². The minimum Gasteiger partial charge on any atom is -0.364 e. The Hall–Kier alpha value is -3.85. The van der Waals surface area contributed by atoms with Crippen molar-refractivity contribution < 1.29 is 0 Å². The molecule has 182 valence electrons. The molecule has 0 radical (unpaired) electrons. The van der Waals surface area contributed by atoms with Gasteiger partial charge in [0.15, 0.2) is 0 Å². The van der Waals surface area contributed by atoms with E-state index in [0.29, 0.717) is 0 Å². The van der Waals surface area contributed by atoms with Gasteiger partial charge < -0.3 is 9.97 Å². The van der Waals surface area contributed by atoms with Crippen molar-refractivity contribution in [3.8, 4) is 0 Å². The van der Waals surface area contributed by atoms with E-state index < -0.39 is 0 Å². The Kier molecular flexibility index (Phi) is 6.40. The van der Waals surface area contributed by atoms with E-state index in [4.69, 9.17) is 4.98 Å². The minimum absolute atomic E-state index is 0.0811. The molecule has 0 amide bonds. The molecule has 0 saturated heterocycles. The molecule has 3 nitrogen and oxygen atoms in total. The molecule has 0 aliphatic carbocycles. The first kappa shape index (κ1) is 23.9. The highest BCUT2D eigenvalue weighted by Crippen LogP contribution is 2.39. The highest BCUT2D eigenvalue weighted by molar-refractivity contribution is 5.52. The fourth-order valence-corrected chi connectivity index (χ4v) is 6.14. The summed E-state index contributed by atoms with van der Waals surface area (Å²) in [5, 5.41) is 0. The quantitative estimate of drug-likeness (QED) is 0.258. The van der Waals surface area contributed by atoms with Crippen LogP contribution in [0.15, 0.2) is 79.4 Å². The first-order valence-electron chi connectivity index (χ1n) is 12.7. The molecular weight excluding hydrogens is 438 g/mol. The SMILES string of the molecule is Cc1cc(C)c(C(c2cncc(C(c3ccc[nH]3)c3c(C)cc(C)cc3C)c2)c2ccc[nH]2)c(C)c1. The zero-order valence-electron chi connectivity index (χ0n) is 22.1. The number of rotatable bonds is 6. The van der Waals surface area contributed by atoms with Crippen molar-refractivity contribution in [1.29, 1.82) is 0 Å². The van der Waals surface area contributed by atoms with Crippen LogP contribution in [0.25, 0.3) is 0 Å². The molecule has 2 atom stereocenters. The molecule has 0 aliphatic rings. The molecule has 2 aromatic carbocycles. The van der Waals surface area contributed by atoms with Crippen LogP contribution in [0.3, 0.4) is 0 Å². The van der Waals surface area contributed by atoms with Gasteiger partial charge >= 0.3 is 0 Å². The van der Waals surface area contributed by atoms with Crippen LogP contribution in [-0.2, 0) is 0 Å². The monoisotopic (exact) mass is 473 g/mol. The molecular formula is C33H35N3. The summed E-state index contributed by atoms with van der Waals surface area (Å²) in [6, 6.07) is 20.1. The molecule has 2 unspecified atom stereocenters. The summed E-state index contributed by atoms with van der Waals surface area (Å²) < 4.78 is 0. The predicted molar refractivity (Wildman–Crippen MR) is 149 cm³/mol. The van der Waals surface area contributed by atoms with Gasteiger partial charge in [0.05, 0.1) is 11.8 Å². The Bertz CT molecular complexity index is 1330. The highest BCUT2D eigenvalue weighted by Gasteiger charge is 2.26. The second-order valence-corrected chi connectivity index (χ2v) is 10.3. The van der Waals surface area contributed by atoms with Gasteiger partial charge in [0.2, 0.25) is 0 Å². The van der Waals surface area contributed by atoms with Crippen molar-refractivity contribution in [3.63, 3.8) is 0 Å². The lowest BCUT2D eigenvalue weighted by molar-refractivity contribution is 0.866. The number of hydrogen-bond donors (Lipinski definition) is 2. The van der Waals surface area contributed by atoms with Crippen LogP contribution in [0.1, 0.15) is 78.9 Å². The summed E-state index contributed by atoms with van der Waals surface area (Å²) in [4.78, 5) is 11.8. The molecule has 5 rings (SSSR count). The standard InChI is InChI=1S/C33H35N3/c1-20-13-22(3)30(23(4)14-20)32(28-9-7-11-35-28)26-17-27(19-34-18-26)33(29-10-8-12-36-29)31-24(5)15-21(2)16-25(31)6/h7-19,32-33,35-36H,1-6H3. The van der Waals surface area contributed by atoms with E-state index in [1.165, 1.54) is 67.0 Å². The van der Waals surface area contributed by atoms with Crippen LogP contribution in [0.2, 0.25) is 0 Å². The second-order valence-electron chi connectivity index (χ2n) is 10.3. The lowest BCUT2D eigenvalue weighted by atomic mass is 9.80. The number of pyridine rings is 1. The van der Waals surface area contributed by atoms with Gasteiger partial charge in [-0.25, -0.2) is 0 Å². The van der Waals surface area contributed by atoms with Crippen molar-refractivity contribution >= 4 is 0 Å². The minimum atomic E-state index is 0.0811. The molecule has 0 fully saturated rings. The second kappa shape index (κ2) is 9.66. The lowest BCUT2D eigenvalue weighted by Crippen LogP contribution is -2.12. The first-order valence-corrected chi connectivity index (χ1v) is 12.7. The maximum atomic E-state index is 4.82. The van der Waals surface area contributed by atoms with E-state index in [2.05, 4.69) is 106 Å². The third-order valence-corrected chi connectivity index (χ3v) is 7.37. The van der Waals surface area contributed by atoms with Gasteiger partial charge in [0, 0.05) is 36.2 Å². The van der Waals surface area contributed by atoms with E-state index >= 15 is 0 Å². The fourth-order valence-electron chi connectivity index (χ4n) is 6.14. The number of H-pyrrole nitrogens is 2. The normalized spacial score (nSPS) is 13.1. The summed E-state index contributed by atoms with van der Waals surface area (Å²) in [5.41, 5.74) is 15.3. The molecule has 2 N–H and O–H groups in total. The zero-order valence-corrected chi connectivity index (χ0v) is 22.1. The van der Waals surface area contributed by atoms with Gasteiger partial charge in [0.1, 0.15) is 0 Å².